The Hall–Kier alpha value is -1.99. The monoisotopic (exact) mass is 332 g/mol. The van der Waals surface area contributed by atoms with E-state index in [0.717, 1.165) is 24.5 Å². The number of pyridine rings is 1. The van der Waals surface area contributed by atoms with E-state index >= 15 is 0 Å². The molecule has 0 aliphatic carbocycles. The first kappa shape index (κ1) is 16.9. The van der Waals surface area contributed by atoms with Crippen molar-refractivity contribution in [1.82, 2.24) is 15.6 Å². The summed E-state index contributed by atoms with van der Waals surface area (Å²) in [5, 5.41) is 6.10. The number of carbonyl (C=O) groups is 2. The second-order valence-electron chi connectivity index (χ2n) is 6.31. The minimum Gasteiger partial charge on any atom is -0.378 e. The van der Waals surface area contributed by atoms with Gasteiger partial charge in [0.25, 0.3) is 0 Å². The lowest BCUT2D eigenvalue weighted by Gasteiger charge is -2.29. The van der Waals surface area contributed by atoms with E-state index in [1.54, 1.807) is 13.1 Å². The molecule has 0 aromatic carbocycles. The van der Waals surface area contributed by atoms with Gasteiger partial charge in [0.05, 0.1) is 19.3 Å². The molecule has 1 aromatic rings. The lowest BCUT2D eigenvalue weighted by Crippen LogP contribution is -2.41. The van der Waals surface area contributed by atoms with E-state index in [0.29, 0.717) is 32.7 Å². The average Bonchev–Trinajstić information content (AvgIpc) is 3.11. The van der Waals surface area contributed by atoms with Crippen molar-refractivity contribution in [3.63, 3.8) is 0 Å². The van der Waals surface area contributed by atoms with Crippen molar-refractivity contribution < 1.29 is 14.3 Å². The van der Waals surface area contributed by atoms with Gasteiger partial charge in [-0.2, -0.15) is 0 Å². The van der Waals surface area contributed by atoms with Gasteiger partial charge in [-0.05, 0) is 19.4 Å². The minimum atomic E-state index is -0.289. The molecule has 2 unspecified atom stereocenters. The van der Waals surface area contributed by atoms with Crippen molar-refractivity contribution >= 4 is 17.5 Å². The highest BCUT2D eigenvalue weighted by atomic mass is 16.5. The number of morpholine rings is 1. The number of nitrogens with one attached hydrogen (secondary N) is 2. The lowest BCUT2D eigenvalue weighted by molar-refractivity contribution is -0.123. The molecule has 2 aliphatic rings. The number of rotatable bonds is 5. The minimum absolute atomic E-state index is 0.0527. The van der Waals surface area contributed by atoms with Crippen LogP contribution in [0.15, 0.2) is 18.3 Å². The number of amides is 1. The summed E-state index contributed by atoms with van der Waals surface area (Å²) in [4.78, 5) is 30.4. The summed E-state index contributed by atoms with van der Waals surface area (Å²) >= 11 is 0. The zero-order valence-electron chi connectivity index (χ0n) is 14.0. The van der Waals surface area contributed by atoms with Crippen LogP contribution >= 0.6 is 0 Å². The van der Waals surface area contributed by atoms with Crippen molar-refractivity contribution in [2.75, 3.05) is 37.7 Å². The van der Waals surface area contributed by atoms with Crippen LogP contribution in [0.2, 0.25) is 0 Å². The molecule has 2 atom stereocenters. The number of hydrogen-bond donors (Lipinski definition) is 2. The Morgan fingerprint density at radius 3 is 2.92 bits per heavy atom. The summed E-state index contributed by atoms with van der Waals surface area (Å²) in [5.74, 6) is 0.931. The zero-order chi connectivity index (χ0) is 16.9. The van der Waals surface area contributed by atoms with Gasteiger partial charge in [0, 0.05) is 43.9 Å². The van der Waals surface area contributed by atoms with Crippen molar-refractivity contribution in [2.24, 2.45) is 5.92 Å². The molecule has 0 saturated carbocycles. The second kappa shape index (κ2) is 7.72. The largest absolute Gasteiger partial charge is 0.378 e. The molecule has 0 spiro atoms. The molecule has 3 heterocycles. The molecule has 1 amide bonds. The molecule has 0 bridgehead atoms. The van der Waals surface area contributed by atoms with Crippen LogP contribution in [0.25, 0.3) is 0 Å². The number of nitrogens with zero attached hydrogens (tertiary/aromatic N) is 2. The van der Waals surface area contributed by atoms with E-state index in [9.17, 15) is 9.59 Å². The molecule has 7 nitrogen and oxygen atoms in total. The Labute approximate surface area is 141 Å². The van der Waals surface area contributed by atoms with Crippen LogP contribution < -0.4 is 15.5 Å². The number of ether oxygens (including phenoxy) is 1. The van der Waals surface area contributed by atoms with E-state index in [1.165, 1.54) is 0 Å². The molecule has 24 heavy (non-hydrogen) atoms. The molecule has 2 aliphatic heterocycles. The fourth-order valence-corrected chi connectivity index (χ4v) is 3.18. The van der Waals surface area contributed by atoms with Gasteiger partial charge < -0.3 is 20.3 Å². The molecule has 2 N–H and O–H groups in total. The Bertz CT molecular complexity index is 601. The van der Waals surface area contributed by atoms with E-state index in [-0.39, 0.29) is 23.7 Å². The number of ketones is 1. The van der Waals surface area contributed by atoms with Crippen LogP contribution in [0.3, 0.4) is 0 Å². The number of hydrogen-bond acceptors (Lipinski definition) is 6. The summed E-state index contributed by atoms with van der Waals surface area (Å²) in [6, 6.07) is 3.58. The Kier molecular flexibility index (Phi) is 5.42. The maximum absolute atomic E-state index is 12.3. The third-order valence-corrected chi connectivity index (χ3v) is 4.65. The number of aromatic nitrogens is 1. The summed E-state index contributed by atoms with van der Waals surface area (Å²) < 4.78 is 5.38. The van der Waals surface area contributed by atoms with Gasteiger partial charge in [0.1, 0.15) is 11.6 Å². The van der Waals surface area contributed by atoms with Gasteiger partial charge in [0.2, 0.25) is 5.91 Å². The summed E-state index contributed by atoms with van der Waals surface area (Å²) in [7, 11) is 0. The standard InChI is InChI=1S/C17H24N4O3/c1-12(22)14-9-15(19-11-14)17(23)20-10-13-3-2-4-18-16(13)21-5-7-24-8-6-21/h2-4,14-15,19H,5-11H2,1H3,(H,20,23). The maximum atomic E-state index is 12.3. The maximum Gasteiger partial charge on any atom is 0.237 e. The lowest BCUT2D eigenvalue weighted by atomic mass is 10.0. The van der Waals surface area contributed by atoms with Gasteiger partial charge in [-0.15, -0.1) is 0 Å². The van der Waals surface area contributed by atoms with Gasteiger partial charge in [-0.1, -0.05) is 6.07 Å². The van der Waals surface area contributed by atoms with E-state index in [4.69, 9.17) is 4.74 Å². The summed E-state index contributed by atoms with van der Waals surface area (Å²) in [6.07, 6.45) is 2.34. The molecular weight excluding hydrogens is 308 g/mol. The van der Waals surface area contributed by atoms with Gasteiger partial charge in [-0.25, -0.2) is 4.98 Å². The quantitative estimate of drug-likeness (QED) is 0.796. The number of anilines is 1. The highest BCUT2D eigenvalue weighted by molar-refractivity contribution is 5.85. The summed E-state index contributed by atoms with van der Waals surface area (Å²) in [5.41, 5.74) is 0.994. The molecule has 1 aromatic heterocycles. The van der Waals surface area contributed by atoms with Crippen LogP contribution in [-0.2, 0) is 20.9 Å². The first-order valence-electron chi connectivity index (χ1n) is 8.43. The second-order valence-corrected chi connectivity index (χ2v) is 6.31. The van der Waals surface area contributed by atoms with E-state index < -0.39 is 0 Å². The topological polar surface area (TPSA) is 83.6 Å². The van der Waals surface area contributed by atoms with Gasteiger partial charge in [-0.3, -0.25) is 9.59 Å². The van der Waals surface area contributed by atoms with E-state index in [2.05, 4.69) is 20.5 Å². The van der Waals surface area contributed by atoms with Crippen molar-refractivity contribution in [1.29, 1.82) is 0 Å². The van der Waals surface area contributed by atoms with Crippen molar-refractivity contribution in [3.05, 3.63) is 23.9 Å². The SMILES string of the molecule is CC(=O)C1CNC(C(=O)NCc2cccnc2N2CCOCC2)C1. The Morgan fingerprint density at radius 2 is 2.21 bits per heavy atom. The fourth-order valence-electron chi connectivity index (χ4n) is 3.18. The average molecular weight is 332 g/mol. The highest BCUT2D eigenvalue weighted by Gasteiger charge is 2.31. The molecule has 7 heteroatoms. The number of Topliss-reactive ketones (excluding diaryl/α,β-unsaturated/α-hetero) is 1. The third kappa shape index (κ3) is 3.91. The molecule has 130 valence electrons. The molecule has 3 rings (SSSR count). The molecule has 0 radical (unpaired) electrons. The Morgan fingerprint density at radius 1 is 1.42 bits per heavy atom. The normalized spacial score (nSPS) is 24.0. The Balaban J connectivity index is 1.58. The number of carbonyl (C=O) groups excluding carboxylic acids is 2. The predicted molar refractivity (Wildman–Crippen MR) is 89.7 cm³/mol. The van der Waals surface area contributed by atoms with Crippen LogP contribution in [0.5, 0.6) is 0 Å². The van der Waals surface area contributed by atoms with Crippen molar-refractivity contribution in [3.8, 4) is 0 Å². The zero-order valence-corrected chi connectivity index (χ0v) is 14.0. The first-order valence-corrected chi connectivity index (χ1v) is 8.43. The van der Waals surface area contributed by atoms with Crippen LogP contribution in [0, 0.1) is 5.92 Å². The molecular formula is C17H24N4O3. The summed E-state index contributed by atoms with van der Waals surface area (Å²) in [6.45, 7) is 5.60. The van der Waals surface area contributed by atoms with Gasteiger partial charge >= 0.3 is 0 Å². The fraction of sp³-hybridized carbons (Fsp3) is 0.588. The van der Waals surface area contributed by atoms with Crippen LogP contribution in [0.4, 0.5) is 5.82 Å². The first-order chi connectivity index (χ1) is 11.6. The third-order valence-electron chi connectivity index (χ3n) is 4.65. The molecule has 2 saturated heterocycles. The van der Waals surface area contributed by atoms with Crippen LogP contribution in [-0.4, -0.2) is 55.6 Å². The smallest absolute Gasteiger partial charge is 0.237 e. The van der Waals surface area contributed by atoms with Crippen LogP contribution in [0.1, 0.15) is 18.9 Å². The van der Waals surface area contributed by atoms with Crippen molar-refractivity contribution in [2.45, 2.75) is 25.9 Å². The highest BCUT2D eigenvalue weighted by Crippen LogP contribution is 2.19. The van der Waals surface area contributed by atoms with E-state index in [1.807, 2.05) is 12.1 Å². The van der Waals surface area contributed by atoms with Gasteiger partial charge in [0.15, 0.2) is 0 Å². The molecule has 2 fully saturated rings. The predicted octanol–water partition coefficient (Wildman–Crippen LogP) is 0.102.